The molecule has 0 saturated carbocycles. The molecule has 0 amide bonds. The number of guanidine groups is 1. The van der Waals surface area contributed by atoms with E-state index < -0.39 is 5.60 Å². The molecule has 6 nitrogen and oxygen atoms in total. The summed E-state index contributed by atoms with van der Waals surface area (Å²) in [7, 11) is 4.07. The molecular weight excluding hydrogens is 352 g/mol. The van der Waals surface area contributed by atoms with Crippen LogP contribution in [0.2, 0.25) is 0 Å². The standard InChI is InChI=1S/C22H40N4O2/c1-6-12-22(27,13-7-2)18-25-21(23-8-3)24-17-19-10-9-11-20(16-19)28-15-14-26(4)5/h9-11,16,27H,6-8,12-15,17-18H2,1-5H3,(H2,23,24,25). The summed E-state index contributed by atoms with van der Waals surface area (Å²) in [6.07, 6.45) is 3.51. The molecule has 0 unspecified atom stereocenters. The van der Waals surface area contributed by atoms with E-state index in [9.17, 15) is 5.11 Å². The number of aliphatic hydroxyl groups is 1. The molecule has 0 atom stereocenters. The van der Waals surface area contributed by atoms with Crippen LogP contribution in [0.1, 0.15) is 52.0 Å². The van der Waals surface area contributed by atoms with E-state index in [4.69, 9.17) is 4.74 Å². The summed E-state index contributed by atoms with van der Waals surface area (Å²) in [5.41, 5.74) is 0.414. The molecule has 1 rings (SSSR count). The van der Waals surface area contributed by atoms with E-state index in [2.05, 4.69) is 40.4 Å². The predicted octanol–water partition coefficient (Wildman–Crippen LogP) is 3.01. The fraction of sp³-hybridized carbons (Fsp3) is 0.682. The van der Waals surface area contributed by atoms with Crippen molar-refractivity contribution >= 4 is 5.96 Å². The zero-order valence-electron chi connectivity index (χ0n) is 18.4. The molecule has 0 fully saturated rings. The summed E-state index contributed by atoms with van der Waals surface area (Å²) in [4.78, 5) is 6.77. The first-order valence-electron chi connectivity index (χ1n) is 10.5. The Morgan fingerprint density at radius 2 is 1.86 bits per heavy atom. The van der Waals surface area contributed by atoms with Gasteiger partial charge in [0.1, 0.15) is 12.4 Å². The minimum Gasteiger partial charge on any atom is -0.492 e. The van der Waals surface area contributed by atoms with E-state index in [1.54, 1.807) is 0 Å². The highest BCUT2D eigenvalue weighted by Gasteiger charge is 2.24. The molecule has 0 radical (unpaired) electrons. The lowest BCUT2D eigenvalue weighted by Crippen LogP contribution is -2.47. The van der Waals surface area contributed by atoms with Crippen molar-refractivity contribution in [3.05, 3.63) is 29.8 Å². The maximum Gasteiger partial charge on any atom is 0.191 e. The van der Waals surface area contributed by atoms with Crippen molar-refractivity contribution in [3.8, 4) is 5.75 Å². The molecule has 160 valence electrons. The Bertz CT molecular complexity index is 569. The highest BCUT2D eigenvalue weighted by molar-refractivity contribution is 5.79. The number of nitrogens with one attached hydrogen (secondary N) is 2. The normalized spacial score (nSPS) is 12.3. The minimum absolute atomic E-state index is 0.508. The lowest BCUT2D eigenvalue weighted by molar-refractivity contribution is 0.0257. The molecule has 6 heteroatoms. The SMILES string of the molecule is CCCC(O)(CCC)CNC(=NCc1cccc(OCCN(C)C)c1)NCC. The van der Waals surface area contributed by atoms with Crippen LogP contribution in [0.25, 0.3) is 0 Å². The van der Waals surface area contributed by atoms with Crippen LogP contribution in [-0.4, -0.2) is 61.9 Å². The van der Waals surface area contributed by atoms with Gasteiger partial charge in [0.05, 0.1) is 12.1 Å². The molecule has 1 aromatic rings. The third kappa shape index (κ3) is 9.95. The van der Waals surface area contributed by atoms with Crippen molar-refractivity contribution in [2.24, 2.45) is 4.99 Å². The van der Waals surface area contributed by atoms with Crippen molar-refractivity contribution in [2.75, 3.05) is 40.3 Å². The lowest BCUT2D eigenvalue weighted by Gasteiger charge is -2.28. The Labute approximate surface area is 171 Å². The second-order valence-corrected chi connectivity index (χ2v) is 7.57. The summed E-state index contributed by atoms with van der Waals surface area (Å²) < 4.78 is 5.80. The van der Waals surface area contributed by atoms with Gasteiger partial charge in [-0.1, -0.05) is 38.8 Å². The third-order valence-corrected chi connectivity index (χ3v) is 4.49. The van der Waals surface area contributed by atoms with Crippen LogP contribution in [0.15, 0.2) is 29.3 Å². The van der Waals surface area contributed by atoms with Crippen molar-refractivity contribution in [1.82, 2.24) is 15.5 Å². The second-order valence-electron chi connectivity index (χ2n) is 7.57. The van der Waals surface area contributed by atoms with Crippen LogP contribution in [-0.2, 0) is 6.54 Å². The summed E-state index contributed by atoms with van der Waals surface area (Å²) in [6, 6.07) is 8.06. The Morgan fingerprint density at radius 3 is 2.46 bits per heavy atom. The van der Waals surface area contributed by atoms with Crippen LogP contribution in [0.3, 0.4) is 0 Å². The van der Waals surface area contributed by atoms with Gasteiger partial charge in [0.15, 0.2) is 5.96 Å². The topological polar surface area (TPSA) is 69.1 Å². The van der Waals surface area contributed by atoms with Crippen LogP contribution in [0.5, 0.6) is 5.75 Å². The zero-order chi connectivity index (χ0) is 20.8. The number of aliphatic imine (C=N–C) groups is 1. The maximum absolute atomic E-state index is 10.8. The highest BCUT2D eigenvalue weighted by atomic mass is 16.5. The fourth-order valence-corrected chi connectivity index (χ4v) is 3.07. The first-order valence-corrected chi connectivity index (χ1v) is 10.5. The van der Waals surface area contributed by atoms with Crippen molar-refractivity contribution in [3.63, 3.8) is 0 Å². The maximum atomic E-state index is 10.8. The van der Waals surface area contributed by atoms with Crippen molar-refractivity contribution < 1.29 is 9.84 Å². The van der Waals surface area contributed by atoms with Crippen molar-refractivity contribution in [1.29, 1.82) is 0 Å². The van der Waals surface area contributed by atoms with Gasteiger partial charge < -0.3 is 25.4 Å². The third-order valence-electron chi connectivity index (χ3n) is 4.49. The average molecular weight is 393 g/mol. The van der Waals surface area contributed by atoms with Gasteiger partial charge in [0, 0.05) is 19.6 Å². The van der Waals surface area contributed by atoms with E-state index in [0.717, 1.165) is 56.0 Å². The fourth-order valence-electron chi connectivity index (χ4n) is 3.07. The van der Waals surface area contributed by atoms with Gasteiger partial charge >= 0.3 is 0 Å². The summed E-state index contributed by atoms with van der Waals surface area (Å²) in [6.45, 7) is 9.64. The number of benzene rings is 1. The Kier molecular flexibility index (Phi) is 11.6. The smallest absolute Gasteiger partial charge is 0.191 e. The van der Waals surface area contributed by atoms with Gasteiger partial charge in [-0.2, -0.15) is 0 Å². The highest BCUT2D eigenvalue weighted by Crippen LogP contribution is 2.18. The van der Waals surface area contributed by atoms with Gasteiger partial charge in [-0.15, -0.1) is 0 Å². The quantitative estimate of drug-likeness (QED) is 0.356. The first-order chi connectivity index (χ1) is 13.4. The van der Waals surface area contributed by atoms with E-state index in [1.165, 1.54) is 0 Å². The van der Waals surface area contributed by atoms with E-state index in [0.29, 0.717) is 19.7 Å². The average Bonchev–Trinajstić information content (AvgIpc) is 2.64. The summed E-state index contributed by atoms with van der Waals surface area (Å²) in [5, 5.41) is 17.4. The van der Waals surface area contributed by atoms with E-state index in [1.807, 2.05) is 39.2 Å². The molecule has 28 heavy (non-hydrogen) atoms. The molecule has 3 N–H and O–H groups in total. The molecule has 0 saturated heterocycles. The monoisotopic (exact) mass is 392 g/mol. The number of hydrogen-bond acceptors (Lipinski definition) is 4. The minimum atomic E-state index is -0.681. The van der Waals surface area contributed by atoms with Gasteiger partial charge in [-0.3, -0.25) is 0 Å². The Morgan fingerprint density at radius 1 is 1.14 bits per heavy atom. The first kappa shape index (κ1) is 24.2. The number of ether oxygens (including phenoxy) is 1. The molecule has 0 bridgehead atoms. The zero-order valence-corrected chi connectivity index (χ0v) is 18.4. The van der Waals surface area contributed by atoms with Crippen LogP contribution in [0.4, 0.5) is 0 Å². The molecule has 0 spiro atoms. The van der Waals surface area contributed by atoms with E-state index >= 15 is 0 Å². The molecule has 1 aromatic carbocycles. The Balaban J connectivity index is 2.68. The number of nitrogens with zero attached hydrogens (tertiary/aromatic N) is 2. The molecule has 0 aliphatic carbocycles. The van der Waals surface area contributed by atoms with Gasteiger partial charge in [0.2, 0.25) is 0 Å². The molecule has 0 aliphatic heterocycles. The molecule has 0 heterocycles. The number of likely N-dealkylation sites (N-methyl/N-ethyl adjacent to an activating group) is 1. The molecule has 0 aromatic heterocycles. The molecular formula is C22H40N4O2. The second kappa shape index (κ2) is 13.4. The summed E-state index contributed by atoms with van der Waals surface area (Å²) in [5.74, 6) is 1.60. The number of rotatable bonds is 13. The predicted molar refractivity (Wildman–Crippen MR) is 118 cm³/mol. The molecule has 0 aliphatic rings. The van der Waals surface area contributed by atoms with Crippen LogP contribution in [0, 0.1) is 0 Å². The van der Waals surface area contributed by atoms with Crippen LogP contribution >= 0.6 is 0 Å². The number of hydrogen-bond donors (Lipinski definition) is 3. The summed E-state index contributed by atoms with van der Waals surface area (Å²) >= 11 is 0. The van der Waals surface area contributed by atoms with E-state index in [-0.39, 0.29) is 0 Å². The van der Waals surface area contributed by atoms with Crippen molar-refractivity contribution in [2.45, 2.75) is 58.6 Å². The van der Waals surface area contributed by atoms with Crippen LogP contribution < -0.4 is 15.4 Å². The largest absolute Gasteiger partial charge is 0.492 e. The lowest BCUT2D eigenvalue weighted by atomic mass is 9.93. The van der Waals surface area contributed by atoms with Gasteiger partial charge in [-0.05, 0) is 51.6 Å². The van der Waals surface area contributed by atoms with Gasteiger partial charge in [-0.25, -0.2) is 4.99 Å². The Hall–Kier alpha value is -1.79. The van der Waals surface area contributed by atoms with Gasteiger partial charge in [0.25, 0.3) is 0 Å².